The van der Waals surface area contributed by atoms with E-state index in [1.54, 1.807) is 6.07 Å². The van der Waals surface area contributed by atoms with Crippen LogP contribution in [0.3, 0.4) is 0 Å². The molecule has 0 bridgehead atoms. The zero-order chi connectivity index (χ0) is 15.8. The van der Waals surface area contributed by atoms with Crippen LogP contribution in [0, 0.1) is 0 Å². The van der Waals surface area contributed by atoms with Crippen molar-refractivity contribution in [1.29, 1.82) is 0 Å². The highest BCUT2D eigenvalue weighted by molar-refractivity contribution is 7.92. The lowest BCUT2D eigenvalue weighted by Crippen LogP contribution is -2.41. The van der Waals surface area contributed by atoms with E-state index in [0.717, 1.165) is 31.2 Å². The van der Waals surface area contributed by atoms with Crippen molar-refractivity contribution in [2.45, 2.75) is 47.7 Å². The molecule has 1 saturated carbocycles. The molecule has 0 atom stereocenters. The van der Waals surface area contributed by atoms with Gasteiger partial charge in [0.15, 0.2) is 9.84 Å². The smallest absolute Gasteiger partial charge is 0.187 e. The number of sulfone groups is 1. The van der Waals surface area contributed by atoms with E-state index in [2.05, 4.69) is 0 Å². The molecule has 2 fully saturated rings. The van der Waals surface area contributed by atoms with Gasteiger partial charge in [0.1, 0.15) is 5.25 Å². The second kappa shape index (κ2) is 6.11. The predicted octanol–water partition coefficient (Wildman–Crippen LogP) is 2.67. The molecule has 0 amide bonds. The Balaban J connectivity index is 1.95. The largest absolute Gasteiger partial charge is 0.379 e. The lowest BCUT2D eigenvalue weighted by Gasteiger charge is -2.37. The normalized spacial score (nSPS) is 22.3. The third-order valence-corrected chi connectivity index (χ3v) is 7.64. The summed E-state index contributed by atoms with van der Waals surface area (Å²) in [6, 6.07) is 5.36. The Morgan fingerprint density at radius 1 is 1.23 bits per heavy atom. The molecule has 1 aromatic carbocycles. The van der Waals surface area contributed by atoms with E-state index in [0.29, 0.717) is 11.6 Å². The monoisotopic (exact) mass is 343 g/mol. The van der Waals surface area contributed by atoms with Gasteiger partial charge in [0.2, 0.25) is 0 Å². The molecular formula is C16H22ClNO3S. The third-order valence-electron chi connectivity index (χ3n) is 5.10. The Morgan fingerprint density at radius 3 is 2.41 bits per heavy atom. The van der Waals surface area contributed by atoms with Crippen LogP contribution in [0.2, 0.25) is 5.02 Å². The summed E-state index contributed by atoms with van der Waals surface area (Å²) in [5.41, 5.74) is 7.07. The predicted molar refractivity (Wildman–Crippen MR) is 87.1 cm³/mol. The maximum atomic E-state index is 12.5. The maximum Gasteiger partial charge on any atom is 0.187 e. The second-order valence-corrected chi connectivity index (χ2v) is 9.00. The summed E-state index contributed by atoms with van der Waals surface area (Å²) in [4.78, 5) is 0.217. The van der Waals surface area contributed by atoms with Crippen molar-refractivity contribution in [2.75, 3.05) is 19.8 Å². The fraction of sp³-hybridized carbons (Fsp3) is 0.625. The third kappa shape index (κ3) is 2.68. The van der Waals surface area contributed by atoms with Crippen molar-refractivity contribution in [3.8, 4) is 0 Å². The number of ether oxygens (including phenoxy) is 1. The molecule has 1 heterocycles. The minimum atomic E-state index is -3.40. The number of hydrogen-bond donors (Lipinski definition) is 1. The van der Waals surface area contributed by atoms with Gasteiger partial charge < -0.3 is 10.5 Å². The number of nitrogens with two attached hydrogens (primary N) is 1. The van der Waals surface area contributed by atoms with Crippen molar-refractivity contribution in [2.24, 2.45) is 5.73 Å². The summed E-state index contributed by atoms with van der Waals surface area (Å²) < 4.78 is 30.0. The van der Waals surface area contributed by atoms with Crippen molar-refractivity contribution in [3.05, 3.63) is 28.8 Å². The molecular weight excluding hydrogens is 322 g/mol. The quantitative estimate of drug-likeness (QED) is 0.912. The molecule has 6 heteroatoms. The van der Waals surface area contributed by atoms with E-state index in [-0.39, 0.29) is 23.5 Å². The highest BCUT2D eigenvalue weighted by Gasteiger charge is 2.37. The molecule has 1 saturated heterocycles. The van der Waals surface area contributed by atoms with E-state index >= 15 is 0 Å². The molecule has 3 rings (SSSR count). The van der Waals surface area contributed by atoms with Gasteiger partial charge in [-0.25, -0.2) is 8.42 Å². The van der Waals surface area contributed by atoms with Gasteiger partial charge in [-0.15, -0.1) is 0 Å². The van der Waals surface area contributed by atoms with Crippen LogP contribution < -0.4 is 5.73 Å². The number of hydrogen-bond acceptors (Lipinski definition) is 4. The summed E-state index contributed by atoms with van der Waals surface area (Å²) >= 11 is 6.32. The summed E-state index contributed by atoms with van der Waals surface area (Å²) in [6.07, 6.45) is 5.65. The van der Waals surface area contributed by atoms with Crippen molar-refractivity contribution >= 4 is 21.4 Å². The van der Waals surface area contributed by atoms with Gasteiger partial charge in [-0.3, -0.25) is 0 Å². The van der Waals surface area contributed by atoms with Crippen LogP contribution in [0.5, 0.6) is 0 Å². The number of benzene rings is 1. The van der Waals surface area contributed by atoms with Gasteiger partial charge >= 0.3 is 0 Å². The highest BCUT2D eigenvalue weighted by Crippen LogP contribution is 2.40. The average molecular weight is 344 g/mol. The van der Waals surface area contributed by atoms with Crippen LogP contribution in [0.4, 0.5) is 0 Å². The van der Waals surface area contributed by atoms with E-state index in [1.165, 1.54) is 6.42 Å². The Bertz CT molecular complexity index is 649. The second-order valence-electron chi connectivity index (χ2n) is 6.39. The topological polar surface area (TPSA) is 69.4 Å². The van der Waals surface area contributed by atoms with Gasteiger partial charge in [0.05, 0.1) is 23.1 Å². The van der Waals surface area contributed by atoms with Crippen molar-refractivity contribution < 1.29 is 13.2 Å². The van der Waals surface area contributed by atoms with Crippen LogP contribution in [-0.4, -0.2) is 33.4 Å². The molecule has 1 aromatic rings. The number of rotatable bonds is 4. The van der Waals surface area contributed by atoms with E-state index < -0.39 is 15.1 Å². The lowest BCUT2D eigenvalue weighted by molar-refractivity contribution is 0.0416. The zero-order valence-corrected chi connectivity index (χ0v) is 14.1. The van der Waals surface area contributed by atoms with Gasteiger partial charge in [-0.2, -0.15) is 0 Å². The minimum absolute atomic E-state index is 0.0518. The highest BCUT2D eigenvalue weighted by atomic mass is 35.5. The van der Waals surface area contributed by atoms with Crippen LogP contribution in [0.15, 0.2) is 23.1 Å². The Kier molecular flexibility index (Phi) is 4.52. The van der Waals surface area contributed by atoms with E-state index in [9.17, 15) is 8.42 Å². The fourth-order valence-electron chi connectivity index (χ4n) is 3.47. The molecule has 22 heavy (non-hydrogen) atoms. The summed E-state index contributed by atoms with van der Waals surface area (Å²) in [7, 11) is -3.40. The molecule has 122 valence electrons. The molecule has 2 aliphatic rings. The van der Waals surface area contributed by atoms with Gasteiger partial charge in [0, 0.05) is 12.0 Å². The molecule has 1 aliphatic carbocycles. The Morgan fingerprint density at radius 2 is 1.91 bits per heavy atom. The molecule has 2 N–H and O–H groups in total. The standard InChI is InChI=1S/C16H22ClNO3S/c17-14-8-12(16(11-18)6-2-1-3-7-16)4-5-15(14)22(19,20)13-9-21-10-13/h4-5,8,13H,1-3,6-7,9-11,18H2. The summed E-state index contributed by atoms with van der Waals surface area (Å²) in [6.45, 7) is 1.09. The Labute approximate surface area is 136 Å². The molecule has 0 unspecified atom stereocenters. The summed E-state index contributed by atoms with van der Waals surface area (Å²) in [5, 5.41) is -0.156. The van der Waals surface area contributed by atoms with Crippen LogP contribution >= 0.6 is 11.6 Å². The first-order valence-electron chi connectivity index (χ1n) is 7.81. The van der Waals surface area contributed by atoms with Gasteiger partial charge in [-0.05, 0) is 30.5 Å². The van der Waals surface area contributed by atoms with Crippen molar-refractivity contribution in [3.63, 3.8) is 0 Å². The molecule has 1 aliphatic heterocycles. The first-order valence-corrected chi connectivity index (χ1v) is 9.74. The number of halogens is 1. The molecule has 4 nitrogen and oxygen atoms in total. The molecule has 0 radical (unpaired) electrons. The van der Waals surface area contributed by atoms with E-state index in [1.807, 2.05) is 12.1 Å². The minimum Gasteiger partial charge on any atom is -0.379 e. The van der Waals surface area contributed by atoms with E-state index in [4.69, 9.17) is 22.1 Å². The van der Waals surface area contributed by atoms with Crippen LogP contribution in [0.25, 0.3) is 0 Å². The van der Waals surface area contributed by atoms with Crippen LogP contribution in [-0.2, 0) is 20.0 Å². The fourth-order valence-corrected chi connectivity index (χ4v) is 5.47. The average Bonchev–Trinajstić information content (AvgIpc) is 2.45. The van der Waals surface area contributed by atoms with Crippen molar-refractivity contribution in [1.82, 2.24) is 0 Å². The maximum absolute atomic E-state index is 12.5. The zero-order valence-electron chi connectivity index (χ0n) is 12.6. The lowest BCUT2D eigenvalue weighted by atomic mass is 9.69. The first kappa shape index (κ1) is 16.2. The SMILES string of the molecule is NCC1(c2ccc(S(=O)(=O)C3COC3)c(Cl)c2)CCCCC1. The summed E-state index contributed by atoms with van der Waals surface area (Å²) in [5.74, 6) is 0. The molecule has 0 aromatic heterocycles. The van der Waals surface area contributed by atoms with Crippen LogP contribution in [0.1, 0.15) is 37.7 Å². The Hall–Kier alpha value is -0.620. The van der Waals surface area contributed by atoms with Gasteiger partial charge in [-0.1, -0.05) is 36.9 Å². The van der Waals surface area contributed by atoms with Gasteiger partial charge in [0.25, 0.3) is 0 Å². The first-order chi connectivity index (χ1) is 10.5. The molecule has 0 spiro atoms.